The van der Waals surface area contributed by atoms with Crippen LogP contribution in [0.15, 0.2) is 0 Å². The molecule has 0 aromatic rings. The Labute approximate surface area is 106 Å². The van der Waals surface area contributed by atoms with E-state index in [1.54, 1.807) is 0 Å². The minimum absolute atomic E-state index is 0.157. The van der Waals surface area contributed by atoms with Crippen LogP contribution in [0.25, 0.3) is 0 Å². The van der Waals surface area contributed by atoms with Crippen LogP contribution in [-0.4, -0.2) is 43.3 Å². The summed E-state index contributed by atoms with van der Waals surface area (Å²) < 4.78 is 5.57. The molecule has 17 heavy (non-hydrogen) atoms. The summed E-state index contributed by atoms with van der Waals surface area (Å²) in [6, 6.07) is 0. The molecule has 3 nitrogen and oxygen atoms in total. The van der Waals surface area contributed by atoms with Gasteiger partial charge in [0.25, 0.3) is 0 Å². The molecule has 0 aromatic heterocycles. The lowest BCUT2D eigenvalue weighted by molar-refractivity contribution is 0.0121. The number of likely N-dealkylation sites (tertiary alicyclic amines) is 1. The molecule has 2 rings (SSSR count). The third kappa shape index (κ3) is 2.67. The SMILES string of the molecule is CCC1CCCN(C(C)(CN)C2CCOC2)C1. The minimum Gasteiger partial charge on any atom is -0.381 e. The standard InChI is InChI=1S/C14H28N2O/c1-3-12-5-4-7-16(9-12)14(2,11-15)13-6-8-17-10-13/h12-13H,3-11,15H2,1-2H3. The highest BCUT2D eigenvalue weighted by Gasteiger charge is 2.41. The second-order valence-corrected chi connectivity index (χ2v) is 5.98. The fraction of sp³-hybridized carbons (Fsp3) is 1.00. The number of nitrogens with zero attached hydrogens (tertiary/aromatic N) is 1. The Morgan fingerprint density at radius 3 is 2.82 bits per heavy atom. The summed E-state index contributed by atoms with van der Waals surface area (Å²) in [5.74, 6) is 1.50. The van der Waals surface area contributed by atoms with E-state index in [9.17, 15) is 0 Å². The highest BCUT2D eigenvalue weighted by Crippen LogP contribution is 2.34. The third-order valence-corrected chi connectivity index (χ3v) is 5.04. The van der Waals surface area contributed by atoms with Crippen molar-refractivity contribution in [3.05, 3.63) is 0 Å². The van der Waals surface area contributed by atoms with Crippen molar-refractivity contribution in [3.63, 3.8) is 0 Å². The zero-order valence-electron chi connectivity index (χ0n) is 11.5. The molecule has 0 spiro atoms. The Morgan fingerprint density at radius 1 is 1.41 bits per heavy atom. The van der Waals surface area contributed by atoms with Crippen molar-refractivity contribution in [3.8, 4) is 0 Å². The number of ether oxygens (including phenoxy) is 1. The number of nitrogens with two attached hydrogens (primary N) is 1. The first-order valence-corrected chi connectivity index (χ1v) is 7.23. The fourth-order valence-electron chi connectivity index (χ4n) is 3.44. The summed E-state index contributed by atoms with van der Waals surface area (Å²) in [5, 5.41) is 0. The van der Waals surface area contributed by atoms with Gasteiger partial charge in [-0.1, -0.05) is 13.3 Å². The lowest BCUT2D eigenvalue weighted by Crippen LogP contribution is -2.59. The molecule has 0 aliphatic carbocycles. The van der Waals surface area contributed by atoms with Crippen LogP contribution in [0, 0.1) is 11.8 Å². The van der Waals surface area contributed by atoms with Crippen LogP contribution in [0.5, 0.6) is 0 Å². The number of hydrogen-bond acceptors (Lipinski definition) is 3. The maximum Gasteiger partial charge on any atom is 0.0513 e. The Bertz CT molecular complexity index is 240. The Balaban J connectivity index is 2.05. The van der Waals surface area contributed by atoms with Gasteiger partial charge >= 0.3 is 0 Å². The lowest BCUT2D eigenvalue weighted by atomic mass is 9.80. The average molecular weight is 240 g/mol. The highest BCUT2D eigenvalue weighted by atomic mass is 16.5. The van der Waals surface area contributed by atoms with E-state index >= 15 is 0 Å². The molecule has 2 saturated heterocycles. The summed E-state index contributed by atoms with van der Waals surface area (Å²) in [4.78, 5) is 2.66. The minimum atomic E-state index is 0.157. The largest absolute Gasteiger partial charge is 0.381 e. The lowest BCUT2D eigenvalue weighted by Gasteiger charge is -2.48. The summed E-state index contributed by atoms with van der Waals surface area (Å²) >= 11 is 0. The zero-order valence-corrected chi connectivity index (χ0v) is 11.5. The molecule has 0 radical (unpaired) electrons. The Kier molecular flexibility index (Phi) is 4.45. The van der Waals surface area contributed by atoms with E-state index in [0.717, 1.165) is 25.7 Å². The number of hydrogen-bond donors (Lipinski definition) is 1. The van der Waals surface area contributed by atoms with Crippen LogP contribution in [-0.2, 0) is 4.74 Å². The second-order valence-electron chi connectivity index (χ2n) is 5.98. The molecule has 3 unspecified atom stereocenters. The molecule has 0 aromatic carbocycles. The molecule has 0 bridgehead atoms. The predicted molar refractivity (Wildman–Crippen MR) is 71.0 cm³/mol. The van der Waals surface area contributed by atoms with Crippen molar-refractivity contribution in [2.75, 3.05) is 32.8 Å². The average Bonchev–Trinajstić information content (AvgIpc) is 2.92. The van der Waals surface area contributed by atoms with Crippen molar-refractivity contribution >= 4 is 0 Å². The molecule has 0 saturated carbocycles. The highest BCUT2D eigenvalue weighted by molar-refractivity contribution is 4.97. The van der Waals surface area contributed by atoms with Gasteiger partial charge in [0.05, 0.1) is 6.61 Å². The van der Waals surface area contributed by atoms with Crippen LogP contribution in [0.2, 0.25) is 0 Å². The maximum absolute atomic E-state index is 6.11. The summed E-state index contributed by atoms with van der Waals surface area (Å²) in [6.07, 6.45) is 5.22. The van der Waals surface area contributed by atoms with Gasteiger partial charge in [0.15, 0.2) is 0 Å². The normalized spacial score (nSPS) is 34.8. The van der Waals surface area contributed by atoms with E-state index in [4.69, 9.17) is 10.5 Å². The molecule has 2 aliphatic heterocycles. The molecule has 2 aliphatic rings. The van der Waals surface area contributed by atoms with E-state index in [1.807, 2.05) is 0 Å². The van der Waals surface area contributed by atoms with Crippen molar-refractivity contribution in [2.45, 2.75) is 45.1 Å². The van der Waals surface area contributed by atoms with Crippen molar-refractivity contribution in [2.24, 2.45) is 17.6 Å². The van der Waals surface area contributed by atoms with Crippen LogP contribution < -0.4 is 5.73 Å². The second kappa shape index (κ2) is 5.68. The topological polar surface area (TPSA) is 38.5 Å². The van der Waals surface area contributed by atoms with E-state index in [1.165, 1.54) is 38.8 Å². The molecule has 3 atom stereocenters. The van der Waals surface area contributed by atoms with Gasteiger partial charge in [-0.15, -0.1) is 0 Å². The third-order valence-electron chi connectivity index (χ3n) is 5.04. The van der Waals surface area contributed by atoms with E-state index in [0.29, 0.717) is 5.92 Å². The van der Waals surface area contributed by atoms with Gasteiger partial charge in [0.1, 0.15) is 0 Å². The van der Waals surface area contributed by atoms with Gasteiger partial charge in [-0.2, -0.15) is 0 Å². The summed E-state index contributed by atoms with van der Waals surface area (Å²) in [5.41, 5.74) is 6.26. The molecule has 2 N–H and O–H groups in total. The first-order chi connectivity index (χ1) is 8.20. The fourth-order valence-corrected chi connectivity index (χ4v) is 3.44. The zero-order chi connectivity index (χ0) is 12.3. The summed E-state index contributed by atoms with van der Waals surface area (Å²) in [6.45, 7) is 9.71. The quantitative estimate of drug-likeness (QED) is 0.815. The Hall–Kier alpha value is -0.120. The number of piperidine rings is 1. The van der Waals surface area contributed by atoms with Crippen molar-refractivity contribution in [1.29, 1.82) is 0 Å². The molecule has 3 heteroatoms. The van der Waals surface area contributed by atoms with Crippen LogP contribution in [0.3, 0.4) is 0 Å². The van der Waals surface area contributed by atoms with Gasteiger partial charge in [-0.3, -0.25) is 4.90 Å². The molecule has 2 heterocycles. The number of rotatable bonds is 4. The van der Waals surface area contributed by atoms with Gasteiger partial charge < -0.3 is 10.5 Å². The monoisotopic (exact) mass is 240 g/mol. The van der Waals surface area contributed by atoms with Gasteiger partial charge in [-0.05, 0) is 38.6 Å². The Morgan fingerprint density at radius 2 is 2.24 bits per heavy atom. The maximum atomic E-state index is 6.11. The van der Waals surface area contributed by atoms with Gasteiger partial charge in [-0.25, -0.2) is 0 Å². The first kappa shape index (κ1) is 13.3. The smallest absolute Gasteiger partial charge is 0.0513 e. The first-order valence-electron chi connectivity index (χ1n) is 7.23. The summed E-state index contributed by atoms with van der Waals surface area (Å²) in [7, 11) is 0. The van der Waals surface area contributed by atoms with Crippen molar-refractivity contribution < 1.29 is 4.74 Å². The molecular formula is C14H28N2O. The van der Waals surface area contributed by atoms with Crippen molar-refractivity contribution in [1.82, 2.24) is 4.90 Å². The van der Waals surface area contributed by atoms with Crippen LogP contribution in [0.1, 0.15) is 39.5 Å². The van der Waals surface area contributed by atoms with E-state index in [2.05, 4.69) is 18.7 Å². The molecule has 100 valence electrons. The molecular weight excluding hydrogens is 212 g/mol. The molecule has 0 amide bonds. The van der Waals surface area contributed by atoms with Gasteiger partial charge in [0, 0.05) is 31.2 Å². The molecule has 2 fully saturated rings. The van der Waals surface area contributed by atoms with Crippen LogP contribution >= 0.6 is 0 Å². The van der Waals surface area contributed by atoms with Crippen LogP contribution in [0.4, 0.5) is 0 Å². The van der Waals surface area contributed by atoms with Gasteiger partial charge in [0.2, 0.25) is 0 Å². The van der Waals surface area contributed by atoms with E-state index in [-0.39, 0.29) is 5.54 Å². The van der Waals surface area contributed by atoms with E-state index < -0.39 is 0 Å². The predicted octanol–water partition coefficient (Wildman–Crippen LogP) is 1.86.